The molecule has 0 aromatic heterocycles. The molecule has 1 heteroatoms. The van der Waals surface area contributed by atoms with E-state index in [0.29, 0.717) is 0 Å². The Bertz CT molecular complexity index is 293. The minimum absolute atomic E-state index is 0.752. The number of alkyl halides is 1. The maximum atomic E-state index is 3.81. The zero-order valence-electron chi connectivity index (χ0n) is 9.33. The van der Waals surface area contributed by atoms with Crippen LogP contribution in [0.2, 0.25) is 0 Å². The molecule has 1 aromatic carbocycles. The van der Waals surface area contributed by atoms with E-state index in [1.807, 2.05) is 0 Å². The molecule has 0 aliphatic heterocycles. The molecule has 1 aromatic rings. The zero-order chi connectivity index (χ0) is 10.7. The molecule has 0 radical (unpaired) electrons. The van der Waals surface area contributed by atoms with Gasteiger partial charge in [-0.25, -0.2) is 0 Å². The molecule has 0 bridgehead atoms. The van der Waals surface area contributed by atoms with E-state index in [4.69, 9.17) is 0 Å². The first kappa shape index (κ1) is 11.2. The minimum Gasteiger partial charge on any atom is -0.0888 e. The molecule has 0 spiro atoms. The number of hydrogen-bond donors (Lipinski definition) is 0. The smallest absolute Gasteiger partial charge is 0.0174 e. The van der Waals surface area contributed by atoms with Gasteiger partial charge < -0.3 is 0 Å². The first-order chi connectivity index (χ1) is 7.31. The maximum absolute atomic E-state index is 3.81. The second-order valence-corrected chi connectivity index (χ2v) is 5.78. The Morgan fingerprint density at radius 2 is 1.93 bits per heavy atom. The van der Waals surface area contributed by atoms with Crippen molar-refractivity contribution in [3.63, 3.8) is 0 Å². The molecule has 1 aliphatic carbocycles. The van der Waals surface area contributed by atoms with Gasteiger partial charge in [0.25, 0.3) is 0 Å². The quantitative estimate of drug-likeness (QED) is 0.679. The van der Waals surface area contributed by atoms with Crippen molar-refractivity contribution >= 4 is 15.9 Å². The highest BCUT2D eigenvalue weighted by Gasteiger charge is 2.28. The van der Waals surface area contributed by atoms with Crippen molar-refractivity contribution in [2.75, 3.05) is 0 Å². The fourth-order valence-electron chi connectivity index (χ4n) is 2.68. The lowest BCUT2D eigenvalue weighted by Gasteiger charge is -2.33. The van der Waals surface area contributed by atoms with Crippen LogP contribution in [0, 0.1) is 5.92 Å². The van der Waals surface area contributed by atoms with Crippen LogP contribution in [0.4, 0.5) is 0 Å². The van der Waals surface area contributed by atoms with Crippen molar-refractivity contribution in [2.45, 2.75) is 43.4 Å². The topological polar surface area (TPSA) is 0 Å². The number of rotatable bonds is 2. The summed E-state index contributed by atoms with van der Waals surface area (Å²) < 4.78 is 0. The Morgan fingerprint density at radius 3 is 2.60 bits per heavy atom. The van der Waals surface area contributed by atoms with Crippen LogP contribution in [0.1, 0.15) is 44.1 Å². The van der Waals surface area contributed by atoms with Gasteiger partial charge in [0.1, 0.15) is 0 Å². The summed E-state index contributed by atoms with van der Waals surface area (Å²) >= 11 is 3.81. The van der Waals surface area contributed by atoms with Crippen LogP contribution in [0.25, 0.3) is 0 Å². The van der Waals surface area contributed by atoms with E-state index >= 15 is 0 Å². The lowest BCUT2D eigenvalue weighted by molar-refractivity contribution is 0.329. The van der Waals surface area contributed by atoms with E-state index in [2.05, 4.69) is 53.2 Å². The highest BCUT2D eigenvalue weighted by atomic mass is 79.9. The monoisotopic (exact) mass is 266 g/mol. The zero-order valence-corrected chi connectivity index (χ0v) is 10.9. The summed E-state index contributed by atoms with van der Waals surface area (Å²) in [5, 5.41) is 0. The molecule has 2 rings (SSSR count). The molecule has 0 nitrogen and oxygen atoms in total. The van der Waals surface area contributed by atoms with Crippen molar-refractivity contribution in [1.29, 1.82) is 0 Å². The predicted octanol–water partition coefficient (Wildman–Crippen LogP) is 4.74. The molecule has 0 amide bonds. The Balaban J connectivity index is 2.06. The summed E-state index contributed by atoms with van der Waals surface area (Å²) in [6.07, 6.45) is 5.34. The van der Waals surface area contributed by atoms with E-state index in [0.717, 1.165) is 16.7 Å². The Kier molecular flexibility index (Phi) is 3.85. The number of hydrogen-bond acceptors (Lipinski definition) is 0. The molecule has 0 heterocycles. The van der Waals surface area contributed by atoms with E-state index in [1.54, 1.807) is 0 Å². The van der Waals surface area contributed by atoms with E-state index in [9.17, 15) is 0 Å². The summed E-state index contributed by atoms with van der Waals surface area (Å²) in [5.41, 5.74) is 1.54. The summed E-state index contributed by atoms with van der Waals surface area (Å²) in [4.78, 5) is 0.752. The second kappa shape index (κ2) is 5.16. The molecule has 1 saturated carbocycles. The van der Waals surface area contributed by atoms with Gasteiger partial charge in [0.15, 0.2) is 0 Å². The third kappa shape index (κ3) is 2.63. The predicted molar refractivity (Wildman–Crippen MR) is 69.5 cm³/mol. The van der Waals surface area contributed by atoms with Crippen LogP contribution in [0.5, 0.6) is 0 Å². The fraction of sp³-hybridized carbons (Fsp3) is 0.571. The first-order valence-corrected chi connectivity index (χ1v) is 6.91. The molecule has 0 N–H and O–H groups in total. The van der Waals surface area contributed by atoms with Crippen LogP contribution in [-0.4, -0.2) is 4.83 Å². The van der Waals surface area contributed by atoms with Gasteiger partial charge in [0.05, 0.1) is 0 Å². The third-order valence-corrected chi connectivity index (χ3v) is 4.89. The van der Waals surface area contributed by atoms with Gasteiger partial charge in [-0.2, -0.15) is 0 Å². The van der Waals surface area contributed by atoms with Crippen LogP contribution in [0.3, 0.4) is 0 Å². The van der Waals surface area contributed by atoms with Gasteiger partial charge in [-0.05, 0) is 36.7 Å². The van der Waals surface area contributed by atoms with Crippen molar-refractivity contribution in [3.05, 3.63) is 35.9 Å². The lowest BCUT2D eigenvalue weighted by Crippen LogP contribution is -2.23. The molecule has 15 heavy (non-hydrogen) atoms. The average molecular weight is 267 g/mol. The van der Waals surface area contributed by atoms with Crippen LogP contribution in [-0.2, 0) is 0 Å². The molecule has 1 fully saturated rings. The largest absolute Gasteiger partial charge is 0.0888 e. The third-order valence-electron chi connectivity index (χ3n) is 3.69. The number of halogens is 1. The molecule has 0 saturated heterocycles. The standard InChI is InChI=1S/C14H19Br/c1-2-11-10-13(8-9-14(11)15)12-6-4-3-5-7-12/h3-7,11,13-14H,2,8-10H2,1H3. The van der Waals surface area contributed by atoms with E-state index in [-0.39, 0.29) is 0 Å². The summed E-state index contributed by atoms with van der Waals surface area (Å²) in [7, 11) is 0. The number of benzene rings is 1. The highest BCUT2D eigenvalue weighted by Crippen LogP contribution is 2.40. The maximum Gasteiger partial charge on any atom is 0.0174 e. The molecule has 1 aliphatic rings. The molecule has 82 valence electrons. The highest BCUT2D eigenvalue weighted by molar-refractivity contribution is 9.09. The van der Waals surface area contributed by atoms with Crippen molar-refractivity contribution < 1.29 is 0 Å². The fourth-order valence-corrected chi connectivity index (χ4v) is 3.53. The second-order valence-electron chi connectivity index (χ2n) is 4.60. The van der Waals surface area contributed by atoms with Gasteiger partial charge in [-0.3, -0.25) is 0 Å². The molecule has 3 unspecified atom stereocenters. The normalized spacial score (nSPS) is 31.5. The van der Waals surface area contributed by atoms with E-state index < -0.39 is 0 Å². The van der Waals surface area contributed by atoms with Crippen molar-refractivity contribution in [3.8, 4) is 0 Å². The van der Waals surface area contributed by atoms with Crippen molar-refractivity contribution in [2.24, 2.45) is 5.92 Å². The Morgan fingerprint density at radius 1 is 1.20 bits per heavy atom. The Hall–Kier alpha value is -0.300. The van der Waals surface area contributed by atoms with Gasteiger partial charge in [-0.1, -0.05) is 59.6 Å². The summed E-state index contributed by atoms with van der Waals surface area (Å²) in [5.74, 6) is 1.66. The SMILES string of the molecule is CCC1CC(c2ccccc2)CCC1Br. The average Bonchev–Trinajstić information content (AvgIpc) is 2.31. The van der Waals surface area contributed by atoms with Crippen molar-refractivity contribution in [1.82, 2.24) is 0 Å². The molecular formula is C14H19Br. The van der Waals surface area contributed by atoms with E-state index in [1.165, 1.54) is 31.2 Å². The molecular weight excluding hydrogens is 248 g/mol. The van der Waals surface area contributed by atoms with Crippen LogP contribution < -0.4 is 0 Å². The van der Waals surface area contributed by atoms with Gasteiger partial charge in [0, 0.05) is 4.83 Å². The van der Waals surface area contributed by atoms with Gasteiger partial charge in [0.2, 0.25) is 0 Å². The van der Waals surface area contributed by atoms with Gasteiger partial charge >= 0.3 is 0 Å². The Labute approximate surface area is 101 Å². The van der Waals surface area contributed by atoms with Crippen LogP contribution in [0.15, 0.2) is 30.3 Å². The van der Waals surface area contributed by atoms with Gasteiger partial charge in [-0.15, -0.1) is 0 Å². The van der Waals surface area contributed by atoms with Crippen LogP contribution >= 0.6 is 15.9 Å². The lowest BCUT2D eigenvalue weighted by atomic mass is 9.77. The minimum atomic E-state index is 0.752. The summed E-state index contributed by atoms with van der Waals surface area (Å²) in [6.45, 7) is 2.31. The first-order valence-electron chi connectivity index (χ1n) is 6.00. The molecule has 3 atom stereocenters. The summed E-state index contributed by atoms with van der Waals surface area (Å²) in [6, 6.07) is 11.0.